The zero-order valence-electron chi connectivity index (χ0n) is 14.1. The van der Waals surface area contributed by atoms with E-state index in [1.54, 1.807) is 12.1 Å². The van der Waals surface area contributed by atoms with Gasteiger partial charge in [0.1, 0.15) is 5.82 Å². The summed E-state index contributed by atoms with van der Waals surface area (Å²) < 4.78 is 13.8. The molecule has 136 valence electrons. The first-order chi connectivity index (χ1) is 12.4. The lowest BCUT2D eigenvalue weighted by atomic mass is 9.99. The van der Waals surface area contributed by atoms with Crippen LogP contribution in [-0.2, 0) is 0 Å². The molecule has 0 saturated carbocycles. The number of carboxylic acid groups (broad SMARTS) is 1. The highest BCUT2D eigenvalue weighted by molar-refractivity contribution is 6.30. The molecular weight excluding hydrogens is 359 g/mol. The van der Waals surface area contributed by atoms with Gasteiger partial charge in [0.25, 0.3) is 5.91 Å². The van der Waals surface area contributed by atoms with Crippen molar-refractivity contribution in [1.29, 1.82) is 0 Å². The van der Waals surface area contributed by atoms with Crippen molar-refractivity contribution in [2.75, 3.05) is 13.6 Å². The summed E-state index contributed by atoms with van der Waals surface area (Å²) in [6.45, 7) is 0.745. The second-order valence-electron chi connectivity index (χ2n) is 6.35. The van der Waals surface area contributed by atoms with Crippen molar-refractivity contribution in [2.24, 2.45) is 0 Å². The summed E-state index contributed by atoms with van der Waals surface area (Å²) in [5.74, 6) is -1.94. The SMILES string of the molecule is CN1CCC(NC(=O)c2cccc(C(=O)O)c2)C1c1ccc(Cl)c(F)c1. The van der Waals surface area contributed by atoms with Crippen LogP contribution in [0.5, 0.6) is 0 Å². The van der Waals surface area contributed by atoms with Crippen LogP contribution >= 0.6 is 11.6 Å². The number of carbonyl (C=O) groups is 2. The molecule has 1 aliphatic heterocycles. The van der Waals surface area contributed by atoms with Crippen molar-refractivity contribution in [3.63, 3.8) is 0 Å². The molecule has 26 heavy (non-hydrogen) atoms. The number of benzene rings is 2. The Kier molecular flexibility index (Phi) is 5.25. The molecule has 5 nitrogen and oxygen atoms in total. The number of nitrogens with zero attached hydrogens (tertiary/aromatic N) is 1. The summed E-state index contributed by atoms with van der Waals surface area (Å²) in [7, 11) is 1.91. The van der Waals surface area contributed by atoms with E-state index in [0.717, 1.165) is 12.1 Å². The van der Waals surface area contributed by atoms with E-state index in [0.29, 0.717) is 6.42 Å². The van der Waals surface area contributed by atoms with E-state index in [1.807, 2.05) is 11.9 Å². The van der Waals surface area contributed by atoms with Crippen molar-refractivity contribution >= 4 is 23.5 Å². The van der Waals surface area contributed by atoms with E-state index in [1.165, 1.54) is 30.3 Å². The van der Waals surface area contributed by atoms with Gasteiger partial charge in [0, 0.05) is 12.1 Å². The van der Waals surface area contributed by atoms with Gasteiger partial charge < -0.3 is 10.4 Å². The molecule has 1 heterocycles. The number of likely N-dealkylation sites (N-methyl/N-ethyl adjacent to an activating group) is 1. The third-order valence-electron chi connectivity index (χ3n) is 4.62. The molecule has 1 saturated heterocycles. The maximum absolute atomic E-state index is 13.8. The van der Waals surface area contributed by atoms with Gasteiger partial charge in [-0.3, -0.25) is 9.69 Å². The molecule has 0 spiro atoms. The Balaban J connectivity index is 1.81. The smallest absolute Gasteiger partial charge is 0.335 e. The number of nitrogens with one attached hydrogen (secondary N) is 1. The van der Waals surface area contributed by atoms with Crippen LogP contribution in [0.25, 0.3) is 0 Å². The largest absolute Gasteiger partial charge is 0.478 e. The van der Waals surface area contributed by atoms with Crippen LogP contribution in [0.15, 0.2) is 42.5 Å². The predicted molar refractivity (Wildman–Crippen MR) is 96.1 cm³/mol. The highest BCUT2D eigenvalue weighted by Crippen LogP contribution is 2.32. The number of likely N-dealkylation sites (tertiary alicyclic amines) is 1. The highest BCUT2D eigenvalue weighted by atomic mass is 35.5. The van der Waals surface area contributed by atoms with Crippen LogP contribution in [-0.4, -0.2) is 41.5 Å². The summed E-state index contributed by atoms with van der Waals surface area (Å²) >= 11 is 5.76. The van der Waals surface area contributed by atoms with Crippen molar-refractivity contribution in [2.45, 2.75) is 18.5 Å². The van der Waals surface area contributed by atoms with Crippen LogP contribution in [0.1, 0.15) is 38.7 Å². The summed E-state index contributed by atoms with van der Waals surface area (Å²) in [5, 5.41) is 12.1. The number of halogens is 2. The number of rotatable bonds is 4. The average Bonchev–Trinajstić information content (AvgIpc) is 2.98. The predicted octanol–water partition coefficient (Wildman–Crippen LogP) is 3.35. The molecule has 7 heteroatoms. The van der Waals surface area contributed by atoms with Gasteiger partial charge in [0.2, 0.25) is 0 Å². The molecule has 1 fully saturated rings. The molecule has 2 atom stereocenters. The van der Waals surface area contributed by atoms with Crippen LogP contribution < -0.4 is 5.32 Å². The second-order valence-corrected chi connectivity index (χ2v) is 6.76. The standard InChI is InChI=1S/C19H18ClFN2O3/c1-23-8-7-16(17(23)11-5-6-14(20)15(21)10-11)22-18(24)12-3-2-4-13(9-12)19(25)26/h2-6,9-10,16-17H,7-8H2,1H3,(H,22,24)(H,25,26). The van der Waals surface area contributed by atoms with Crippen LogP contribution in [0.3, 0.4) is 0 Å². The summed E-state index contributed by atoms with van der Waals surface area (Å²) in [6.07, 6.45) is 0.704. The maximum atomic E-state index is 13.8. The Labute approximate surface area is 155 Å². The third-order valence-corrected chi connectivity index (χ3v) is 4.93. The molecule has 1 amide bonds. The Morgan fingerprint density at radius 2 is 1.96 bits per heavy atom. The Morgan fingerprint density at radius 1 is 1.23 bits per heavy atom. The number of carbonyl (C=O) groups excluding carboxylic acids is 1. The van der Waals surface area contributed by atoms with E-state index in [-0.39, 0.29) is 34.1 Å². The Hall–Kier alpha value is -2.44. The van der Waals surface area contributed by atoms with Crippen molar-refractivity contribution < 1.29 is 19.1 Å². The van der Waals surface area contributed by atoms with Crippen LogP contribution in [0, 0.1) is 5.82 Å². The fraction of sp³-hybridized carbons (Fsp3) is 0.263. The zero-order chi connectivity index (χ0) is 18.8. The van der Waals surface area contributed by atoms with E-state index in [4.69, 9.17) is 16.7 Å². The lowest BCUT2D eigenvalue weighted by molar-refractivity contribution is 0.0697. The van der Waals surface area contributed by atoms with Gasteiger partial charge in [-0.15, -0.1) is 0 Å². The normalized spacial score (nSPS) is 20.1. The molecule has 3 rings (SSSR count). The van der Waals surface area contributed by atoms with Gasteiger partial charge in [-0.2, -0.15) is 0 Å². The van der Waals surface area contributed by atoms with Gasteiger partial charge in [-0.25, -0.2) is 9.18 Å². The highest BCUT2D eigenvalue weighted by Gasteiger charge is 2.34. The van der Waals surface area contributed by atoms with Crippen molar-refractivity contribution in [3.8, 4) is 0 Å². The molecule has 2 aromatic rings. The summed E-state index contributed by atoms with van der Waals surface area (Å²) in [4.78, 5) is 25.7. The summed E-state index contributed by atoms with van der Waals surface area (Å²) in [6, 6.07) is 10.1. The van der Waals surface area contributed by atoms with Gasteiger partial charge >= 0.3 is 5.97 Å². The molecule has 1 aliphatic rings. The molecule has 0 aromatic heterocycles. The lowest BCUT2D eigenvalue weighted by Gasteiger charge is -2.26. The first-order valence-electron chi connectivity index (χ1n) is 8.16. The number of amides is 1. The number of aromatic carboxylic acids is 1. The average molecular weight is 377 g/mol. The van der Waals surface area contributed by atoms with Gasteiger partial charge in [-0.05, 0) is 49.4 Å². The minimum atomic E-state index is -1.09. The van der Waals surface area contributed by atoms with E-state index < -0.39 is 11.8 Å². The van der Waals surface area contributed by atoms with Gasteiger partial charge in [-0.1, -0.05) is 23.7 Å². The van der Waals surface area contributed by atoms with E-state index >= 15 is 0 Å². The molecule has 2 aromatic carbocycles. The van der Waals surface area contributed by atoms with Crippen LogP contribution in [0.2, 0.25) is 5.02 Å². The zero-order valence-corrected chi connectivity index (χ0v) is 14.8. The Morgan fingerprint density at radius 3 is 2.65 bits per heavy atom. The molecule has 0 bridgehead atoms. The topological polar surface area (TPSA) is 69.6 Å². The fourth-order valence-electron chi connectivity index (χ4n) is 3.33. The maximum Gasteiger partial charge on any atom is 0.335 e. The molecular formula is C19H18ClFN2O3. The quantitative estimate of drug-likeness (QED) is 0.858. The molecule has 2 unspecified atom stereocenters. The number of carboxylic acids is 1. The van der Waals surface area contributed by atoms with Gasteiger partial charge in [0.15, 0.2) is 0 Å². The first kappa shape index (κ1) is 18.4. The monoisotopic (exact) mass is 376 g/mol. The minimum absolute atomic E-state index is 0.0533. The van der Waals surface area contributed by atoms with E-state index in [9.17, 15) is 14.0 Å². The molecule has 2 N–H and O–H groups in total. The van der Waals surface area contributed by atoms with Crippen molar-refractivity contribution in [1.82, 2.24) is 10.2 Å². The number of hydrogen-bond donors (Lipinski definition) is 2. The van der Waals surface area contributed by atoms with Gasteiger partial charge in [0.05, 0.1) is 22.7 Å². The molecule has 0 radical (unpaired) electrons. The Bertz CT molecular complexity index is 858. The minimum Gasteiger partial charge on any atom is -0.478 e. The molecule has 0 aliphatic carbocycles. The second kappa shape index (κ2) is 7.43. The first-order valence-corrected chi connectivity index (χ1v) is 8.54. The van der Waals surface area contributed by atoms with Crippen molar-refractivity contribution in [3.05, 3.63) is 70.0 Å². The van der Waals surface area contributed by atoms with E-state index in [2.05, 4.69) is 5.32 Å². The third kappa shape index (κ3) is 3.71. The van der Waals surface area contributed by atoms with Crippen LogP contribution in [0.4, 0.5) is 4.39 Å². The number of hydrogen-bond acceptors (Lipinski definition) is 3. The lowest BCUT2D eigenvalue weighted by Crippen LogP contribution is -2.39. The fourth-order valence-corrected chi connectivity index (χ4v) is 3.44. The summed E-state index contributed by atoms with van der Waals surface area (Å²) in [5.41, 5.74) is 1.06.